The highest BCUT2D eigenvalue weighted by Crippen LogP contribution is 2.23. The van der Waals surface area contributed by atoms with Crippen molar-refractivity contribution in [1.29, 1.82) is 0 Å². The Bertz CT molecular complexity index is 705. The largest absolute Gasteiger partial charge is 0.497 e. The highest BCUT2D eigenvalue weighted by atomic mass is 32.1. The van der Waals surface area contributed by atoms with Crippen LogP contribution in [0.5, 0.6) is 5.75 Å². The summed E-state index contributed by atoms with van der Waals surface area (Å²) >= 11 is 1.65. The molecule has 3 rings (SSSR count). The van der Waals surface area contributed by atoms with Gasteiger partial charge in [-0.2, -0.15) is 0 Å². The number of nitrogens with zero attached hydrogens (tertiary/aromatic N) is 1. The minimum absolute atomic E-state index is 0.433. The minimum atomic E-state index is -0.433. The SMILES string of the molecule is COc1cccc(CC(O)Cc2nc3ccccc3s2)c1. The van der Waals surface area contributed by atoms with Crippen LogP contribution in [0, 0.1) is 0 Å². The zero-order chi connectivity index (χ0) is 14.7. The number of aliphatic hydroxyl groups is 1. The summed E-state index contributed by atoms with van der Waals surface area (Å²) in [6.07, 6.45) is 0.751. The zero-order valence-corrected chi connectivity index (χ0v) is 12.6. The normalized spacial score (nSPS) is 12.5. The highest BCUT2D eigenvalue weighted by Gasteiger charge is 2.11. The van der Waals surface area contributed by atoms with Crippen molar-refractivity contribution < 1.29 is 9.84 Å². The van der Waals surface area contributed by atoms with Gasteiger partial charge in [0.05, 0.1) is 28.4 Å². The molecule has 1 aromatic heterocycles. The molecule has 1 heterocycles. The number of fused-ring (bicyclic) bond motifs is 1. The maximum atomic E-state index is 10.3. The molecule has 1 unspecified atom stereocenters. The summed E-state index contributed by atoms with van der Waals surface area (Å²) in [7, 11) is 1.65. The number of aromatic nitrogens is 1. The van der Waals surface area contributed by atoms with E-state index in [1.165, 1.54) is 4.70 Å². The molecule has 0 fully saturated rings. The van der Waals surface area contributed by atoms with E-state index in [1.54, 1.807) is 18.4 Å². The van der Waals surface area contributed by atoms with Crippen LogP contribution in [-0.4, -0.2) is 23.3 Å². The van der Waals surface area contributed by atoms with E-state index < -0.39 is 6.10 Å². The molecule has 0 radical (unpaired) electrons. The van der Waals surface area contributed by atoms with Gasteiger partial charge >= 0.3 is 0 Å². The van der Waals surface area contributed by atoms with E-state index in [9.17, 15) is 5.11 Å². The molecule has 0 amide bonds. The molecule has 1 atom stereocenters. The zero-order valence-electron chi connectivity index (χ0n) is 11.8. The van der Waals surface area contributed by atoms with Gasteiger partial charge < -0.3 is 9.84 Å². The van der Waals surface area contributed by atoms with Crippen LogP contribution in [0.2, 0.25) is 0 Å². The van der Waals surface area contributed by atoms with Crippen molar-refractivity contribution in [2.24, 2.45) is 0 Å². The number of thiazole rings is 1. The average molecular weight is 299 g/mol. The summed E-state index contributed by atoms with van der Waals surface area (Å²) in [4.78, 5) is 4.56. The Balaban J connectivity index is 1.69. The van der Waals surface area contributed by atoms with Crippen molar-refractivity contribution in [3.05, 3.63) is 59.1 Å². The lowest BCUT2D eigenvalue weighted by Crippen LogP contribution is -2.13. The topological polar surface area (TPSA) is 42.4 Å². The summed E-state index contributed by atoms with van der Waals surface area (Å²) in [6.45, 7) is 0. The maximum Gasteiger partial charge on any atom is 0.119 e. The molecular formula is C17H17NO2S. The van der Waals surface area contributed by atoms with Crippen molar-refractivity contribution in [2.45, 2.75) is 18.9 Å². The van der Waals surface area contributed by atoms with E-state index in [1.807, 2.05) is 42.5 Å². The first-order valence-corrected chi connectivity index (χ1v) is 7.71. The predicted molar refractivity (Wildman–Crippen MR) is 86.0 cm³/mol. The van der Waals surface area contributed by atoms with Crippen LogP contribution < -0.4 is 4.74 Å². The minimum Gasteiger partial charge on any atom is -0.497 e. The monoisotopic (exact) mass is 299 g/mol. The second kappa shape index (κ2) is 6.24. The van der Waals surface area contributed by atoms with Gasteiger partial charge in [0.25, 0.3) is 0 Å². The maximum absolute atomic E-state index is 10.3. The number of rotatable bonds is 5. The molecule has 1 N–H and O–H groups in total. The third kappa shape index (κ3) is 3.40. The van der Waals surface area contributed by atoms with Crippen LogP contribution in [0.4, 0.5) is 0 Å². The van der Waals surface area contributed by atoms with Crippen LogP contribution in [0.3, 0.4) is 0 Å². The molecule has 0 aliphatic heterocycles. The molecule has 0 aliphatic rings. The van der Waals surface area contributed by atoms with Crippen LogP contribution in [0.25, 0.3) is 10.2 Å². The average Bonchev–Trinajstić information content (AvgIpc) is 2.89. The number of hydrogen-bond acceptors (Lipinski definition) is 4. The Labute approximate surface area is 127 Å². The van der Waals surface area contributed by atoms with E-state index in [0.717, 1.165) is 21.8 Å². The van der Waals surface area contributed by atoms with Crippen LogP contribution in [-0.2, 0) is 12.8 Å². The first-order chi connectivity index (χ1) is 10.2. The van der Waals surface area contributed by atoms with E-state index in [0.29, 0.717) is 12.8 Å². The molecule has 0 bridgehead atoms. The lowest BCUT2D eigenvalue weighted by atomic mass is 10.1. The number of hydrogen-bond donors (Lipinski definition) is 1. The number of benzene rings is 2. The summed E-state index contributed by atoms with van der Waals surface area (Å²) in [5.74, 6) is 0.819. The number of ether oxygens (including phenoxy) is 1. The lowest BCUT2D eigenvalue weighted by Gasteiger charge is -2.09. The standard InChI is InChI=1S/C17H17NO2S/c1-20-14-6-4-5-12(10-14)9-13(19)11-17-18-15-7-2-3-8-16(15)21-17/h2-8,10,13,19H,9,11H2,1H3. The molecule has 0 saturated heterocycles. The van der Waals surface area contributed by atoms with Gasteiger partial charge in [0.2, 0.25) is 0 Å². The molecule has 108 valence electrons. The van der Waals surface area contributed by atoms with E-state index >= 15 is 0 Å². The fraction of sp³-hybridized carbons (Fsp3) is 0.235. The smallest absolute Gasteiger partial charge is 0.119 e. The van der Waals surface area contributed by atoms with Crippen LogP contribution in [0.15, 0.2) is 48.5 Å². The molecule has 3 aromatic rings. The molecule has 21 heavy (non-hydrogen) atoms. The summed E-state index contributed by atoms with van der Waals surface area (Å²) in [6, 6.07) is 15.9. The Morgan fingerprint density at radius 1 is 1.14 bits per heavy atom. The van der Waals surface area contributed by atoms with Gasteiger partial charge in [-0.25, -0.2) is 4.98 Å². The van der Waals surface area contributed by atoms with Gasteiger partial charge in [0, 0.05) is 6.42 Å². The van der Waals surface area contributed by atoms with Crippen molar-refractivity contribution in [1.82, 2.24) is 4.98 Å². The van der Waals surface area contributed by atoms with Gasteiger partial charge in [-0.3, -0.25) is 0 Å². The van der Waals surface area contributed by atoms with Crippen molar-refractivity contribution >= 4 is 21.6 Å². The molecule has 3 nitrogen and oxygen atoms in total. The van der Waals surface area contributed by atoms with E-state index in [2.05, 4.69) is 11.1 Å². The van der Waals surface area contributed by atoms with Crippen LogP contribution in [0.1, 0.15) is 10.6 Å². The Morgan fingerprint density at radius 2 is 2.00 bits per heavy atom. The van der Waals surface area contributed by atoms with Gasteiger partial charge in [-0.15, -0.1) is 11.3 Å². The van der Waals surface area contributed by atoms with Gasteiger partial charge in [-0.05, 0) is 36.2 Å². The third-order valence-corrected chi connectivity index (χ3v) is 4.41. The van der Waals surface area contributed by atoms with E-state index in [-0.39, 0.29) is 0 Å². The Hall–Kier alpha value is -1.91. The summed E-state index contributed by atoms with van der Waals surface area (Å²) < 4.78 is 6.37. The highest BCUT2D eigenvalue weighted by molar-refractivity contribution is 7.18. The second-order valence-electron chi connectivity index (χ2n) is 4.99. The fourth-order valence-electron chi connectivity index (χ4n) is 2.35. The lowest BCUT2D eigenvalue weighted by molar-refractivity contribution is 0.175. The molecule has 4 heteroatoms. The second-order valence-corrected chi connectivity index (χ2v) is 6.10. The molecule has 0 aliphatic carbocycles. The molecule has 2 aromatic carbocycles. The quantitative estimate of drug-likeness (QED) is 0.784. The third-order valence-electron chi connectivity index (χ3n) is 3.35. The van der Waals surface area contributed by atoms with Crippen LogP contribution >= 0.6 is 11.3 Å². The van der Waals surface area contributed by atoms with Gasteiger partial charge in [-0.1, -0.05) is 24.3 Å². The Morgan fingerprint density at radius 3 is 2.81 bits per heavy atom. The number of aliphatic hydroxyl groups excluding tert-OH is 1. The van der Waals surface area contributed by atoms with Gasteiger partial charge in [0.1, 0.15) is 5.75 Å². The van der Waals surface area contributed by atoms with Crippen molar-refractivity contribution in [3.63, 3.8) is 0 Å². The predicted octanol–water partition coefficient (Wildman–Crippen LogP) is 3.45. The first kappa shape index (κ1) is 14.0. The number of methoxy groups -OCH3 is 1. The van der Waals surface area contributed by atoms with Crippen molar-refractivity contribution in [2.75, 3.05) is 7.11 Å². The van der Waals surface area contributed by atoms with Crippen molar-refractivity contribution in [3.8, 4) is 5.75 Å². The molecule has 0 saturated carbocycles. The Kier molecular flexibility index (Phi) is 4.18. The van der Waals surface area contributed by atoms with E-state index in [4.69, 9.17) is 4.74 Å². The fourth-order valence-corrected chi connectivity index (χ4v) is 3.39. The first-order valence-electron chi connectivity index (χ1n) is 6.90. The summed E-state index contributed by atoms with van der Waals surface area (Å²) in [5.41, 5.74) is 2.08. The van der Waals surface area contributed by atoms with Gasteiger partial charge in [0.15, 0.2) is 0 Å². The number of para-hydroxylation sites is 1. The molecular weight excluding hydrogens is 282 g/mol. The molecule has 0 spiro atoms. The summed E-state index contributed by atoms with van der Waals surface area (Å²) in [5, 5.41) is 11.2.